The number of anilines is 2. The monoisotopic (exact) mass is 421 g/mol. The molecule has 0 unspecified atom stereocenters. The van der Waals surface area contributed by atoms with Crippen molar-refractivity contribution >= 4 is 29.2 Å². The molecule has 2 aromatic carbocycles. The Labute approximate surface area is 177 Å². The van der Waals surface area contributed by atoms with Gasteiger partial charge in [-0.05, 0) is 48.5 Å². The van der Waals surface area contributed by atoms with E-state index in [1.54, 1.807) is 24.3 Å². The number of nitrogens with zero attached hydrogens (tertiary/aromatic N) is 1. The number of ether oxygens (including phenoxy) is 3. The predicted molar refractivity (Wildman–Crippen MR) is 112 cm³/mol. The van der Waals surface area contributed by atoms with E-state index in [0.29, 0.717) is 11.3 Å². The number of esters is 2. The van der Waals surface area contributed by atoms with Gasteiger partial charge in [-0.25, -0.2) is 9.59 Å². The van der Waals surface area contributed by atoms with Crippen LogP contribution in [0.15, 0.2) is 60.9 Å². The topological polar surface area (TPSA) is 130 Å². The Bertz CT molecular complexity index is 1130. The van der Waals surface area contributed by atoms with E-state index in [4.69, 9.17) is 15.2 Å². The number of amides is 1. The van der Waals surface area contributed by atoms with E-state index in [1.807, 2.05) is 0 Å². The number of nitrogens with one attached hydrogen (secondary N) is 1. The molecular formula is C22H19N3O6. The van der Waals surface area contributed by atoms with Crippen molar-refractivity contribution in [2.45, 2.75) is 0 Å². The first-order valence-corrected chi connectivity index (χ1v) is 9.01. The summed E-state index contributed by atoms with van der Waals surface area (Å²) in [5, 5.41) is 2.71. The minimum Gasteiger partial charge on any atom is -0.465 e. The maximum Gasteiger partial charge on any atom is 0.339 e. The van der Waals surface area contributed by atoms with Gasteiger partial charge in [0, 0.05) is 17.4 Å². The van der Waals surface area contributed by atoms with Crippen molar-refractivity contribution in [1.82, 2.24) is 4.98 Å². The summed E-state index contributed by atoms with van der Waals surface area (Å²) in [6, 6.07) is 12.2. The molecule has 9 heteroatoms. The van der Waals surface area contributed by atoms with Crippen molar-refractivity contribution < 1.29 is 28.6 Å². The van der Waals surface area contributed by atoms with Crippen LogP contribution >= 0.6 is 0 Å². The molecule has 0 atom stereocenters. The van der Waals surface area contributed by atoms with E-state index in [-0.39, 0.29) is 28.3 Å². The number of carbonyl (C=O) groups is 3. The van der Waals surface area contributed by atoms with Gasteiger partial charge in [-0.1, -0.05) is 0 Å². The number of hydrogen-bond acceptors (Lipinski definition) is 8. The number of carbonyl (C=O) groups excluding carboxylic acids is 3. The van der Waals surface area contributed by atoms with Gasteiger partial charge in [0.25, 0.3) is 5.91 Å². The molecule has 9 nitrogen and oxygen atoms in total. The Kier molecular flexibility index (Phi) is 6.46. The fourth-order valence-corrected chi connectivity index (χ4v) is 2.62. The third-order valence-corrected chi connectivity index (χ3v) is 4.18. The van der Waals surface area contributed by atoms with Crippen LogP contribution in [0.25, 0.3) is 0 Å². The second-order valence-corrected chi connectivity index (χ2v) is 6.28. The molecule has 0 saturated heterocycles. The lowest BCUT2D eigenvalue weighted by molar-refractivity contribution is 0.0591. The highest BCUT2D eigenvalue weighted by Gasteiger charge is 2.16. The summed E-state index contributed by atoms with van der Waals surface area (Å²) in [4.78, 5) is 40.3. The minimum atomic E-state index is -0.580. The van der Waals surface area contributed by atoms with Crippen molar-refractivity contribution in [3.05, 3.63) is 77.6 Å². The second kappa shape index (κ2) is 9.40. The molecule has 158 valence electrons. The minimum absolute atomic E-state index is 0.193. The average Bonchev–Trinajstić information content (AvgIpc) is 2.79. The Hall–Kier alpha value is -4.40. The molecule has 0 bridgehead atoms. The largest absolute Gasteiger partial charge is 0.465 e. The first-order valence-electron chi connectivity index (χ1n) is 9.01. The molecular weight excluding hydrogens is 402 g/mol. The highest BCUT2D eigenvalue weighted by Crippen LogP contribution is 2.31. The third-order valence-electron chi connectivity index (χ3n) is 4.18. The summed E-state index contributed by atoms with van der Waals surface area (Å²) in [7, 11) is 2.51. The van der Waals surface area contributed by atoms with Gasteiger partial charge in [0.1, 0.15) is 5.75 Å². The maximum atomic E-state index is 12.7. The third kappa shape index (κ3) is 5.15. The number of hydrogen-bond donors (Lipinski definition) is 2. The van der Waals surface area contributed by atoms with Crippen LogP contribution < -0.4 is 15.8 Å². The Morgan fingerprint density at radius 2 is 1.48 bits per heavy atom. The Morgan fingerprint density at radius 1 is 0.839 bits per heavy atom. The van der Waals surface area contributed by atoms with E-state index in [0.717, 1.165) is 0 Å². The fraction of sp³-hybridized carbons (Fsp3) is 0.0909. The van der Waals surface area contributed by atoms with Crippen molar-refractivity contribution in [3.63, 3.8) is 0 Å². The Balaban J connectivity index is 1.94. The normalized spacial score (nSPS) is 10.1. The molecule has 31 heavy (non-hydrogen) atoms. The number of aromatic nitrogens is 1. The molecule has 0 spiro atoms. The molecule has 0 fully saturated rings. The van der Waals surface area contributed by atoms with Crippen molar-refractivity contribution in [2.24, 2.45) is 0 Å². The number of nitrogen functional groups attached to an aromatic ring is 1. The number of rotatable bonds is 6. The second-order valence-electron chi connectivity index (χ2n) is 6.28. The van der Waals surface area contributed by atoms with Gasteiger partial charge in [0.15, 0.2) is 5.75 Å². The fourth-order valence-electron chi connectivity index (χ4n) is 2.62. The molecule has 0 aliphatic carbocycles. The van der Waals surface area contributed by atoms with Gasteiger partial charge in [0.2, 0.25) is 0 Å². The molecule has 1 amide bonds. The van der Waals surface area contributed by atoms with E-state index in [2.05, 4.69) is 15.0 Å². The smallest absolute Gasteiger partial charge is 0.339 e. The van der Waals surface area contributed by atoms with Crippen LogP contribution in [0.1, 0.15) is 31.1 Å². The van der Waals surface area contributed by atoms with Crippen molar-refractivity contribution in [3.8, 4) is 11.5 Å². The lowest BCUT2D eigenvalue weighted by atomic mass is 10.1. The maximum absolute atomic E-state index is 12.7. The zero-order valence-corrected chi connectivity index (χ0v) is 16.7. The average molecular weight is 421 g/mol. The van der Waals surface area contributed by atoms with Crippen LogP contribution in [0.5, 0.6) is 11.5 Å². The zero-order valence-electron chi connectivity index (χ0n) is 16.7. The van der Waals surface area contributed by atoms with Crippen LogP contribution in [-0.2, 0) is 9.47 Å². The SMILES string of the molecule is COC(=O)c1cncc(Oc2ccc(C(=O)OC)cc2NC(=O)c2ccc(N)cc2)c1. The van der Waals surface area contributed by atoms with Gasteiger partial charge >= 0.3 is 11.9 Å². The number of nitrogens with two attached hydrogens (primary N) is 1. The molecule has 1 heterocycles. The van der Waals surface area contributed by atoms with E-state index < -0.39 is 17.8 Å². The lowest BCUT2D eigenvalue weighted by Crippen LogP contribution is -2.13. The summed E-state index contributed by atoms with van der Waals surface area (Å²) >= 11 is 0. The number of methoxy groups -OCH3 is 2. The van der Waals surface area contributed by atoms with Gasteiger partial charge in [-0.3, -0.25) is 9.78 Å². The van der Waals surface area contributed by atoms with Crippen LogP contribution in [0.2, 0.25) is 0 Å². The van der Waals surface area contributed by atoms with E-state index in [9.17, 15) is 14.4 Å². The highest BCUT2D eigenvalue weighted by molar-refractivity contribution is 6.06. The summed E-state index contributed by atoms with van der Waals surface area (Å²) in [5.41, 5.74) is 7.16. The molecule has 0 saturated carbocycles. The summed E-state index contributed by atoms with van der Waals surface area (Å²) in [6.45, 7) is 0. The van der Waals surface area contributed by atoms with Crippen LogP contribution in [-0.4, -0.2) is 37.0 Å². The molecule has 3 rings (SSSR count). The van der Waals surface area contributed by atoms with Gasteiger partial charge in [0.05, 0.1) is 37.2 Å². The highest BCUT2D eigenvalue weighted by atomic mass is 16.5. The molecule has 3 aromatic rings. The summed E-state index contributed by atoms with van der Waals surface area (Å²) in [5.74, 6) is -1.13. The van der Waals surface area contributed by atoms with E-state index in [1.165, 1.54) is 50.9 Å². The van der Waals surface area contributed by atoms with Gasteiger partial charge < -0.3 is 25.3 Å². The van der Waals surface area contributed by atoms with Crippen molar-refractivity contribution in [1.29, 1.82) is 0 Å². The summed E-state index contributed by atoms with van der Waals surface area (Å²) in [6.07, 6.45) is 2.73. The van der Waals surface area contributed by atoms with Crippen LogP contribution in [0.4, 0.5) is 11.4 Å². The molecule has 0 aliphatic rings. The number of benzene rings is 2. The van der Waals surface area contributed by atoms with Crippen molar-refractivity contribution in [2.75, 3.05) is 25.3 Å². The molecule has 0 radical (unpaired) electrons. The lowest BCUT2D eigenvalue weighted by Gasteiger charge is -2.14. The van der Waals surface area contributed by atoms with Gasteiger partial charge in [-0.15, -0.1) is 0 Å². The quantitative estimate of drug-likeness (QED) is 0.458. The first-order chi connectivity index (χ1) is 14.9. The predicted octanol–water partition coefficient (Wildman–Crippen LogP) is 3.28. The van der Waals surface area contributed by atoms with E-state index >= 15 is 0 Å². The summed E-state index contributed by atoms with van der Waals surface area (Å²) < 4.78 is 15.2. The molecule has 0 aliphatic heterocycles. The molecule has 3 N–H and O–H groups in total. The van der Waals surface area contributed by atoms with Crippen LogP contribution in [0, 0.1) is 0 Å². The first kappa shape index (κ1) is 21.3. The standard InChI is InChI=1S/C22H19N3O6/c1-29-21(27)14-5-8-19(31-17-9-15(11-24-12-17)22(28)30-2)18(10-14)25-20(26)13-3-6-16(23)7-4-13/h3-12H,23H2,1-2H3,(H,25,26). The molecule has 1 aromatic heterocycles. The number of pyridine rings is 1. The zero-order chi connectivity index (χ0) is 22.4. The van der Waals surface area contributed by atoms with Crippen LogP contribution in [0.3, 0.4) is 0 Å². The van der Waals surface area contributed by atoms with Gasteiger partial charge in [-0.2, -0.15) is 0 Å². The Morgan fingerprint density at radius 3 is 2.16 bits per heavy atom.